The Labute approximate surface area is 193 Å². The first-order valence-electron chi connectivity index (χ1n) is 9.41. The zero-order valence-corrected chi connectivity index (χ0v) is 18.7. The van der Waals surface area contributed by atoms with E-state index in [1.165, 1.54) is 17.8 Å². The SMILES string of the molecule is Cc1nn(CC(=O)NN=Cc2ccc(OCc3ccc(Cl)cc3Cl)cc2)c(C)c1[N+](=O)[O-]. The Kier molecular flexibility index (Phi) is 7.45. The summed E-state index contributed by atoms with van der Waals surface area (Å²) < 4.78 is 6.99. The van der Waals surface area contributed by atoms with Gasteiger partial charge in [0.1, 0.15) is 30.3 Å². The van der Waals surface area contributed by atoms with E-state index >= 15 is 0 Å². The first-order chi connectivity index (χ1) is 15.2. The highest BCUT2D eigenvalue weighted by molar-refractivity contribution is 6.35. The summed E-state index contributed by atoms with van der Waals surface area (Å²) in [6.07, 6.45) is 1.47. The lowest BCUT2D eigenvalue weighted by atomic mass is 10.2. The van der Waals surface area contributed by atoms with Gasteiger partial charge >= 0.3 is 5.69 Å². The number of ether oxygens (including phenoxy) is 1. The summed E-state index contributed by atoms with van der Waals surface area (Å²) in [5.41, 5.74) is 4.40. The van der Waals surface area contributed by atoms with Gasteiger partial charge in [-0.2, -0.15) is 10.2 Å². The van der Waals surface area contributed by atoms with Crippen LogP contribution in [0, 0.1) is 24.0 Å². The van der Waals surface area contributed by atoms with Crippen molar-refractivity contribution in [1.29, 1.82) is 0 Å². The van der Waals surface area contributed by atoms with Gasteiger partial charge in [0.15, 0.2) is 0 Å². The molecule has 0 atom stereocenters. The van der Waals surface area contributed by atoms with Crippen LogP contribution in [0.4, 0.5) is 5.69 Å². The number of carbonyl (C=O) groups excluding carboxylic acids is 1. The molecule has 0 aliphatic heterocycles. The predicted octanol–water partition coefficient (Wildman–Crippen LogP) is 4.44. The van der Waals surface area contributed by atoms with Crippen molar-refractivity contribution in [2.24, 2.45) is 5.10 Å². The monoisotopic (exact) mass is 475 g/mol. The van der Waals surface area contributed by atoms with E-state index in [2.05, 4.69) is 15.6 Å². The van der Waals surface area contributed by atoms with Gasteiger partial charge in [0.05, 0.1) is 11.1 Å². The van der Waals surface area contributed by atoms with Crippen LogP contribution in [0.15, 0.2) is 47.6 Å². The van der Waals surface area contributed by atoms with Crippen molar-refractivity contribution in [1.82, 2.24) is 15.2 Å². The van der Waals surface area contributed by atoms with Crippen molar-refractivity contribution in [3.63, 3.8) is 0 Å². The lowest BCUT2D eigenvalue weighted by Gasteiger charge is -2.08. The standard InChI is InChI=1S/C21H19Cl2N5O4/c1-13-21(28(30)31)14(2)27(26-13)11-20(29)25-24-10-15-3-7-18(8-4-15)32-12-16-5-6-17(22)9-19(16)23/h3-10H,11-12H2,1-2H3,(H,25,29). The fourth-order valence-corrected chi connectivity index (χ4v) is 3.37. The normalized spacial score (nSPS) is 11.0. The molecule has 0 aliphatic rings. The highest BCUT2D eigenvalue weighted by Gasteiger charge is 2.22. The van der Waals surface area contributed by atoms with E-state index in [4.69, 9.17) is 27.9 Å². The molecule has 2 aromatic carbocycles. The molecule has 1 heterocycles. The number of carbonyl (C=O) groups is 1. The molecule has 32 heavy (non-hydrogen) atoms. The summed E-state index contributed by atoms with van der Waals surface area (Å²) in [5, 5.41) is 20.1. The Hall–Kier alpha value is -3.43. The average molecular weight is 476 g/mol. The molecule has 0 unspecified atom stereocenters. The first-order valence-corrected chi connectivity index (χ1v) is 10.2. The second-order valence-corrected chi connectivity index (χ2v) is 7.66. The third-order valence-corrected chi connectivity index (χ3v) is 5.10. The third kappa shape index (κ3) is 5.83. The summed E-state index contributed by atoms with van der Waals surface area (Å²) >= 11 is 12.0. The van der Waals surface area contributed by atoms with Crippen LogP contribution in [0.5, 0.6) is 5.75 Å². The van der Waals surface area contributed by atoms with E-state index in [0.717, 1.165) is 11.1 Å². The molecule has 1 amide bonds. The fraction of sp³-hybridized carbons (Fsp3) is 0.190. The van der Waals surface area contributed by atoms with E-state index in [9.17, 15) is 14.9 Å². The molecule has 0 saturated carbocycles. The quantitative estimate of drug-likeness (QED) is 0.294. The molecule has 0 bridgehead atoms. The Morgan fingerprint density at radius 2 is 1.97 bits per heavy atom. The molecule has 3 aromatic rings. The van der Waals surface area contributed by atoms with Crippen molar-refractivity contribution in [2.45, 2.75) is 27.0 Å². The Morgan fingerprint density at radius 1 is 1.25 bits per heavy atom. The molecule has 1 N–H and O–H groups in total. The number of aromatic nitrogens is 2. The molecule has 0 fully saturated rings. The molecule has 0 spiro atoms. The van der Waals surface area contributed by atoms with E-state index in [1.54, 1.807) is 49.4 Å². The van der Waals surface area contributed by atoms with Crippen LogP contribution < -0.4 is 10.2 Å². The minimum absolute atomic E-state index is 0.0954. The molecule has 0 saturated heterocycles. The smallest absolute Gasteiger partial charge is 0.312 e. The fourth-order valence-electron chi connectivity index (χ4n) is 2.91. The highest BCUT2D eigenvalue weighted by atomic mass is 35.5. The van der Waals surface area contributed by atoms with Crippen LogP contribution in [0.25, 0.3) is 0 Å². The van der Waals surface area contributed by atoms with Gasteiger partial charge in [-0.25, -0.2) is 5.43 Å². The van der Waals surface area contributed by atoms with E-state index in [1.807, 2.05) is 0 Å². The number of rotatable bonds is 8. The topological polar surface area (TPSA) is 112 Å². The van der Waals surface area contributed by atoms with Gasteiger partial charge in [0, 0.05) is 15.6 Å². The number of hydrogen-bond acceptors (Lipinski definition) is 6. The molecule has 3 rings (SSSR count). The molecular weight excluding hydrogens is 457 g/mol. The summed E-state index contributed by atoms with van der Waals surface area (Å²) in [6, 6.07) is 12.3. The third-order valence-electron chi connectivity index (χ3n) is 4.51. The van der Waals surface area contributed by atoms with Crippen molar-refractivity contribution in [3.8, 4) is 5.75 Å². The minimum Gasteiger partial charge on any atom is -0.489 e. The Balaban J connectivity index is 1.52. The zero-order valence-electron chi connectivity index (χ0n) is 17.2. The second-order valence-electron chi connectivity index (χ2n) is 6.82. The van der Waals surface area contributed by atoms with Gasteiger partial charge in [-0.1, -0.05) is 29.3 Å². The van der Waals surface area contributed by atoms with Crippen LogP contribution in [0.3, 0.4) is 0 Å². The van der Waals surface area contributed by atoms with Crippen molar-refractivity contribution < 1.29 is 14.5 Å². The Bertz CT molecular complexity index is 1180. The number of nitro groups is 1. The van der Waals surface area contributed by atoms with Crippen LogP contribution >= 0.6 is 23.2 Å². The minimum atomic E-state index is -0.512. The van der Waals surface area contributed by atoms with Crippen LogP contribution in [-0.2, 0) is 17.9 Å². The maximum atomic E-state index is 12.1. The van der Waals surface area contributed by atoms with Crippen LogP contribution in [0.2, 0.25) is 10.0 Å². The van der Waals surface area contributed by atoms with Gasteiger partial charge in [0.25, 0.3) is 5.91 Å². The first kappa shape index (κ1) is 23.2. The van der Waals surface area contributed by atoms with Gasteiger partial charge in [-0.3, -0.25) is 19.6 Å². The number of hydrazone groups is 1. The van der Waals surface area contributed by atoms with E-state index in [-0.39, 0.29) is 17.9 Å². The molecule has 1 aromatic heterocycles. The van der Waals surface area contributed by atoms with Crippen molar-refractivity contribution in [2.75, 3.05) is 0 Å². The maximum Gasteiger partial charge on any atom is 0.312 e. The van der Waals surface area contributed by atoms with Crippen LogP contribution in [-0.4, -0.2) is 26.8 Å². The number of nitrogens with one attached hydrogen (secondary N) is 1. The summed E-state index contributed by atoms with van der Waals surface area (Å²) in [7, 11) is 0. The average Bonchev–Trinajstić information content (AvgIpc) is 3.01. The van der Waals surface area contributed by atoms with E-state index < -0.39 is 10.8 Å². The van der Waals surface area contributed by atoms with Gasteiger partial charge in [0.2, 0.25) is 0 Å². The number of nitrogens with zero attached hydrogens (tertiary/aromatic N) is 4. The number of aryl methyl sites for hydroxylation is 1. The molecule has 11 heteroatoms. The maximum absolute atomic E-state index is 12.1. The van der Waals surface area contributed by atoms with Gasteiger partial charge in [-0.15, -0.1) is 0 Å². The summed E-state index contributed by atoms with van der Waals surface area (Å²) in [5.74, 6) is 0.185. The Morgan fingerprint density at radius 3 is 2.59 bits per heavy atom. The van der Waals surface area contributed by atoms with Crippen molar-refractivity contribution in [3.05, 3.63) is 85.1 Å². The largest absolute Gasteiger partial charge is 0.489 e. The van der Waals surface area contributed by atoms with Gasteiger partial charge < -0.3 is 4.74 Å². The lowest BCUT2D eigenvalue weighted by Crippen LogP contribution is -2.24. The predicted molar refractivity (Wildman–Crippen MR) is 121 cm³/mol. The molecule has 9 nitrogen and oxygen atoms in total. The van der Waals surface area contributed by atoms with Gasteiger partial charge in [-0.05, 0) is 55.8 Å². The van der Waals surface area contributed by atoms with Crippen molar-refractivity contribution >= 4 is 41.0 Å². The van der Waals surface area contributed by atoms with Crippen LogP contribution in [0.1, 0.15) is 22.5 Å². The molecule has 0 aliphatic carbocycles. The zero-order chi connectivity index (χ0) is 23.3. The number of benzene rings is 2. The second kappa shape index (κ2) is 10.3. The number of hydrogen-bond donors (Lipinski definition) is 1. The summed E-state index contributed by atoms with van der Waals surface area (Å²) in [4.78, 5) is 22.6. The lowest BCUT2D eigenvalue weighted by molar-refractivity contribution is -0.386. The number of amides is 1. The molecular formula is C21H19Cl2N5O4. The molecule has 0 radical (unpaired) electrons. The highest BCUT2D eigenvalue weighted by Crippen LogP contribution is 2.23. The van der Waals surface area contributed by atoms with E-state index in [0.29, 0.717) is 28.1 Å². The number of halogens is 2. The summed E-state index contributed by atoms with van der Waals surface area (Å²) in [6.45, 7) is 3.18. The molecule has 166 valence electrons.